The summed E-state index contributed by atoms with van der Waals surface area (Å²) in [5.74, 6) is 1.57. The molecule has 6 heavy (non-hydrogen) atoms. The average Bonchev–Trinajstić information content (AvgIpc) is 1.61. The van der Waals surface area contributed by atoms with Crippen LogP contribution in [0.1, 0.15) is 0 Å². The number of ether oxygens (including phenoxy) is 1. The van der Waals surface area contributed by atoms with Crippen molar-refractivity contribution in [1.82, 2.24) is 0 Å². The van der Waals surface area contributed by atoms with E-state index in [0.717, 1.165) is 0 Å². The third kappa shape index (κ3) is 3.41. The normalized spacial score (nSPS) is 6.83. The van der Waals surface area contributed by atoms with Gasteiger partial charge in [0.15, 0.2) is 0 Å². The fourth-order valence-corrected chi connectivity index (χ4v) is 0.117. The van der Waals surface area contributed by atoms with E-state index >= 15 is 0 Å². The van der Waals surface area contributed by atoms with Crippen molar-refractivity contribution in [3.63, 3.8) is 0 Å². The van der Waals surface area contributed by atoms with Crippen molar-refractivity contribution < 1.29 is 9.53 Å². The zero-order valence-corrected chi connectivity index (χ0v) is 3.60. The van der Waals surface area contributed by atoms with Gasteiger partial charge in [-0.1, -0.05) is 0 Å². The van der Waals surface area contributed by atoms with Gasteiger partial charge in [0.1, 0.15) is 5.94 Å². The van der Waals surface area contributed by atoms with Crippen molar-refractivity contribution in [1.29, 1.82) is 0 Å². The lowest BCUT2D eigenvalue weighted by atomic mass is 10.7. The molecule has 0 spiro atoms. The third-order valence-electron chi connectivity index (χ3n) is 0.333. The molecule has 0 unspecified atom stereocenters. The summed E-state index contributed by atoms with van der Waals surface area (Å²) in [5.41, 5.74) is 0. The van der Waals surface area contributed by atoms with E-state index in [1.165, 1.54) is 13.2 Å². The van der Waals surface area contributed by atoms with E-state index in [1.807, 2.05) is 0 Å². The van der Waals surface area contributed by atoms with Crippen LogP contribution in [0.4, 0.5) is 0 Å². The Bertz CT molecular complexity index is 61.9. The molecule has 2 nitrogen and oxygen atoms in total. The molecule has 0 fully saturated rings. The van der Waals surface area contributed by atoms with Crippen molar-refractivity contribution in [3.05, 3.63) is 6.08 Å². The van der Waals surface area contributed by atoms with Crippen molar-refractivity contribution >= 4 is 5.94 Å². The van der Waals surface area contributed by atoms with Crippen LogP contribution in [-0.2, 0) is 9.53 Å². The van der Waals surface area contributed by atoms with Crippen molar-refractivity contribution in [2.45, 2.75) is 0 Å². The highest BCUT2D eigenvalue weighted by molar-refractivity contribution is 5.44. The number of hydrogen-bond donors (Lipinski definition) is 0. The van der Waals surface area contributed by atoms with Crippen LogP contribution in [0.5, 0.6) is 0 Å². The fourth-order valence-electron chi connectivity index (χ4n) is 0.117. The van der Waals surface area contributed by atoms with Crippen LogP contribution < -0.4 is 0 Å². The van der Waals surface area contributed by atoms with Gasteiger partial charge in [-0.15, -0.1) is 0 Å². The summed E-state index contributed by atoms with van der Waals surface area (Å²) in [6, 6.07) is 0. The van der Waals surface area contributed by atoms with Gasteiger partial charge in [0, 0.05) is 13.2 Å². The second kappa shape index (κ2) is 4.41. The van der Waals surface area contributed by atoms with Gasteiger partial charge < -0.3 is 4.74 Å². The quantitative estimate of drug-likeness (QED) is 0.443. The van der Waals surface area contributed by atoms with E-state index in [1.54, 1.807) is 5.94 Å². The van der Waals surface area contributed by atoms with Crippen LogP contribution in [0.15, 0.2) is 6.08 Å². The molecule has 0 bridgehead atoms. The maximum atomic E-state index is 9.30. The van der Waals surface area contributed by atoms with Crippen LogP contribution in [0.25, 0.3) is 0 Å². The number of hydrogen-bond acceptors (Lipinski definition) is 2. The average molecular weight is 86.1 g/mol. The van der Waals surface area contributed by atoms with Gasteiger partial charge in [-0.25, -0.2) is 4.79 Å². The minimum Gasteiger partial charge on any atom is -0.380 e. The Kier molecular flexibility index (Phi) is 3.98. The summed E-state index contributed by atoms with van der Waals surface area (Å²) < 4.78 is 4.46. The Balaban J connectivity index is 2.86. The van der Waals surface area contributed by atoms with Gasteiger partial charge in [0.25, 0.3) is 0 Å². The van der Waals surface area contributed by atoms with Gasteiger partial charge in [-0.2, -0.15) is 0 Å². The maximum absolute atomic E-state index is 9.30. The summed E-state index contributed by atoms with van der Waals surface area (Å²) in [6.07, 6.45) is 1.28. The Morgan fingerprint density at radius 1 is 2.00 bits per heavy atom. The first-order chi connectivity index (χ1) is 2.91. The monoisotopic (exact) mass is 86.0 g/mol. The molecule has 0 saturated carbocycles. The van der Waals surface area contributed by atoms with E-state index in [0.29, 0.717) is 6.61 Å². The first-order valence-corrected chi connectivity index (χ1v) is 1.60. The van der Waals surface area contributed by atoms with Gasteiger partial charge in [0.05, 0.1) is 6.61 Å². The van der Waals surface area contributed by atoms with Crippen molar-refractivity contribution in [2.75, 3.05) is 13.7 Å². The molecule has 2 heteroatoms. The zero-order chi connectivity index (χ0) is 4.83. The highest BCUT2D eigenvalue weighted by atomic mass is 16.5. The van der Waals surface area contributed by atoms with Crippen LogP contribution in [0.3, 0.4) is 0 Å². The molecule has 0 aliphatic rings. The first kappa shape index (κ1) is 5.41. The molecular weight excluding hydrogens is 80.0 g/mol. The fraction of sp³-hybridized carbons (Fsp3) is 0.500. The summed E-state index contributed by atoms with van der Waals surface area (Å²) in [5, 5.41) is 0. The zero-order valence-electron chi connectivity index (χ0n) is 3.60. The predicted octanol–water partition coefficient (Wildman–Crippen LogP) is 0.0206. The lowest BCUT2D eigenvalue weighted by Gasteiger charge is -1.78. The molecule has 34 valence electrons. The second-order valence-corrected chi connectivity index (χ2v) is 0.777. The predicted molar refractivity (Wildman–Crippen MR) is 22.1 cm³/mol. The third-order valence-corrected chi connectivity index (χ3v) is 0.333. The van der Waals surface area contributed by atoms with Crippen LogP contribution in [0, 0.1) is 0 Å². The standard InChI is InChI=1S/C4H6O2/c1-6-4-2-3-5/h2H,4H2,1H3. The summed E-state index contributed by atoms with van der Waals surface area (Å²) >= 11 is 0. The SMILES string of the molecule is COCC=C=O. The molecule has 0 aliphatic heterocycles. The Morgan fingerprint density at radius 2 is 2.67 bits per heavy atom. The van der Waals surface area contributed by atoms with Crippen molar-refractivity contribution in [3.8, 4) is 0 Å². The van der Waals surface area contributed by atoms with E-state index in [-0.39, 0.29) is 0 Å². The van der Waals surface area contributed by atoms with E-state index in [2.05, 4.69) is 4.74 Å². The molecule has 0 aromatic carbocycles. The van der Waals surface area contributed by atoms with E-state index in [4.69, 9.17) is 0 Å². The molecule has 0 aliphatic carbocycles. The molecule has 0 rings (SSSR count). The van der Waals surface area contributed by atoms with Gasteiger partial charge in [-0.3, -0.25) is 0 Å². The smallest absolute Gasteiger partial charge is 0.122 e. The Morgan fingerprint density at radius 3 is 2.83 bits per heavy atom. The van der Waals surface area contributed by atoms with E-state index < -0.39 is 0 Å². The van der Waals surface area contributed by atoms with Gasteiger partial charge >= 0.3 is 0 Å². The van der Waals surface area contributed by atoms with Gasteiger partial charge in [0.2, 0.25) is 0 Å². The molecule has 0 saturated heterocycles. The highest BCUT2D eigenvalue weighted by Gasteiger charge is 1.63. The molecule has 0 atom stereocenters. The number of carbonyl (C=O) groups excluding carboxylic acids is 1. The van der Waals surface area contributed by atoms with Gasteiger partial charge in [-0.05, 0) is 0 Å². The highest BCUT2D eigenvalue weighted by Crippen LogP contribution is 1.60. The summed E-state index contributed by atoms with van der Waals surface area (Å²) in [6.45, 7) is 0.365. The lowest BCUT2D eigenvalue weighted by Crippen LogP contribution is -1.78. The molecular formula is C4H6O2. The maximum Gasteiger partial charge on any atom is 0.122 e. The lowest BCUT2D eigenvalue weighted by molar-refractivity contribution is 0.234. The summed E-state index contributed by atoms with van der Waals surface area (Å²) in [7, 11) is 1.52. The molecule has 0 aromatic heterocycles. The molecule has 0 amide bonds. The Hall–Kier alpha value is -0.590. The minimum atomic E-state index is 0.365. The first-order valence-electron chi connectivity index (χ1n) is 1.60. The van der Waals surface area contributed by atoms with Crippen LogP contribution in [0.2, 0.25) is 0 Å². The topological polar surface area (TPSA) is 26.3 Å². The Labute approximate surface area is 36.4 Å². The number of rotatable bonds is 2. The van der Waals surface area contributed by atoms with Crippen LogP contribution >= 0.6 is 0 Å². The van der Waals surface area contributed by atoms with E-state index in [9.17, 15) is 4.79 Å². The van der Waals surface area contributed by atoms with Crippen molar-refractivity contribution in [2.24, 2.45) is 0 Å². The van der Waals surface area contributed by atoms with Crippen LogP contribution in [-0.4, -0.2) is 19.7 Å². The number of methoxy groups -OCH3 is 1. The summed E-state index contributed by atoms with van der Waals surface area (Å²) in [4.78, 5) is 9.30. The largest absolute Gasteiger partial charge is 0.380 e. The molecule has 0 N–H and O–H groups in total. The second-order valence-electron chi connectivity index (χ2n) is 0.777. The molecule has 0 heterocycles. The molecule has 0 aromatic rings. The molecule has 0 radical (unpaired) electrons. The minimum absolute atomic E-state index is 0.365.